The second-order valence-electron chi connectivity index (χ2n) is 9.33. The molecule has 0 aliphatic carbocycles. The number of carbonyl (C=O) groups excluding carboxylic acids is 1. The van der Waals surface area contributed by atoms with Crippen molar-refractivity contribution in [1.82, 2.24) is 14.3 Å². The summed E-state index contributed by atoms with van der Waals surface area (Å²) in [7, 11) is 0. The number of fused-ring (bicyclic) bond motifs is 1. The minimum atomic E-state index is -0.158. The Morgan fingerprint density at radius 1 is 1.15 bits per heavy atom. The van der Waals surface area contributed by atoms with E-state index in [-0.39, 0.29) is 11.5 Å². The van der Waals surface area contributed by atoms with Gasteiger partial charge in [0.1, 0.15) is 15.8 Å². The standard InChI is InChI=1S/C25H32N4O2S2/c1-4-5-6-8-12-29-24(31)20(33-25(29)32)14-19-22(27-15-17(2)13-18(3)16-27)26-21-10-7-9-11-28(21)23(19)30/h7,9-11,14,17-18H,4-6,8,12-13,15-16H2,1-3H3/b20-14+. The molecule has 176 valence electrons. The van der Waals surface area contributed by atoms with Crippen LogP contribution in [-0.4, -0.2) is 44.1 Å². The molecule has 6 nitrogen and oxygen atoms in total. The average molecular weight is 485 g/mol. The number of hydrogen-bond donors (Lipinski definition) is 0. The first-order valence-corrected chi connectivity index (χ1v) is 13.1. The van der Waals surface area contributed by atoms with Crippen molar-refractivity contribution in [2.45, 2.75) is 52.9 Å². The molecule has 0 N–H and O–H groups in total. The molecule has 2 aromatic rings. The van der Waals surface area contributed by atoms with Gasteiger partial charge in [0.05, 0.1) is 10.5 Å². The van der Waals surface area contributed by atoms with Gasteiger partial charge in [0.2, 0.25) is 0 Å². The van der Waals surface area contributed by atoms with E-state index in [4.69, 9.17) is 17.2 Å². The zero-order valence-corrected chi connectivity index (χ0v) is 21.3. The van der Waals surface area contributed by atoms with Gasteiger partial charge in [-0.15, -0.1) is 0 Å². The maximum Gasteiger partial charge on any atom is 0.267 e. The molecule has 0 aromatic carbocycles. The molecule has 2 saturated heterocycles. The van der Waals surface area contributed by atoms with Crippen LogP contribution < -0.4 is 10.5 Å². The van der Waals surface area contributed by atoms with Crippen molar-refractivity contribution < 1.29 is 4.79 Å². The van der Waals surface area contributed by atoms with Crippen LogP contribution in [0.4, 0.5) is 5.82 Å². The first-order chi connectivity index (χ1) is 15.9. The van der Waals surface area contributed by atoms with Crippen LogP contribution in [0.25, 0.3) is 11.7 Å². The number of piperidine rings is 1. The molecule has 4 heterocycles. The summed E-state index contributed by atoms with van der Waals surface area (Å²) in [6.45, 7) is 8.96. The fourth-order valence-corrected chi connectivity index (χ4v) is 6.11. The predicted molar refractivity (Wildman–Crippen MR) is 141 cm³/mol. The zero-order valence-electron chi connectivity index (χ0n) is 19.6. The van der Waals surface area contributed by atoms with Gasteiger partial charge in [0.25, 0.3) is 11.5 Å². The molecule has 1 amide bonds. The zero-order chi connectivity index (χ0) is 23.5. The van der Waals surface area contributed by atoms with Crippen molar-refractivity contribution in [3.8, 4) is 0 Å². The van der Waals surface area contributed by atoms with Crippen LogP contribution in [0.2, 0.25) is 0 Å². The van der Waals surface area contributed by atoms with Crippen LogP contribution in [-0.2, 0) is 4.79 Å². The van der Waals surface area contributed by atoms with Gasteiger partial charge < -0.3 is 4.90 Å². The summed E-state index contributed by atoms with van der Waals surface area (Å²) >= 11 is 6.79. The second kappa shape index (κ2) is 10.4. The van der Waals surface area contributed by atoms with Gasteiger partial charge >= 0.3 is 0 Å². The number of carbonyl (C=O) groups is 1. The number of pyridine rings is 1. The van der Waals surface area contributed by atoms with Gasteiger partial charge in [0.15, 0.2) is 0 Å². The SMILES string of the molecule is CCCCCCN1C(=O)/C(=C\c2c(N3CC(C)CC(C)C3)nc3ccccn3c2=O)SC1=S. The summed E-state index contributed by atoms with van der Waals surface area (Å²) in [5.74, 6) is 1.58. The van der Waals surface area contributed by atoms with Gasteiger partial charge in [-0.05, 0) is 42.9 Å². The maximum absolute atomic E-state index is 13.5. The normalized spacial score (nSPS) is 22.7. The molecular formula is C25H32N4O2S2. The van der Waals surface area contributed by atoms with Crippen LogP contribution in [0.1, 0.15) is 58.4 Å². The van der Waals surface area contributed by atoms with Gasteiger partial charge in [0, 0.05) is 25.8 Å². The monoisotopic (exact) mass is 484 g/mol. The highest BCUT2D eigenvalue weighted by Gasteiger charge is 2.33. The average Bonchev–Trinajstić information content (AvgIpc) is 3.05. The molecule has 2 aliphatic rings. The Morgan fingerprint density at radius 2 is 1.91 bits per heavy atom. The summed E-state index contributed by atoms with van der Waals surface area (Å²) < 4.78 is 2.12. The quantitative estimate of drug-likeness (QED) is 0.315. The van der Waals surface area contributed by atoms with Crippen molar-refractivity contribution >= 4 is 51.7 Å². The fourth-order valence-electron chi connectivity index (χ4n) is 4.81. The molecule has 2 atom stereocenters. The maximum atomic E-state index is 13.5. The molecule has 8 heteroatoms. The molecule has 2 aliphatic heterocycles. The molecule has 0 spiro atoms. The molecule has 0 bridgehead atoms. The van der Waals surface area contributed by atoms with Crippen molar-refractivity contribution in [3.05, 3.63) is 45.2 Å². The smallest absolute Gasteiger partial charge is 0.267 e. The number of aromatic nitrogens is 2. The highest BCUT2D eigenvalue weighted by Crippen LogP contribution is 2.34. The third-order valence-corrected chi connectivity index (χ3v) is 7.68. The molecule has 2 fully saturated rings. The van der Waals surface area contributed by atoms with E-state index in [2.05, 4.69) is 25.7 Å². The number of hydrogen-bond acceptors (Lipinski definition) is 6. The van der Waals surface area contributed by atoms with Crippen LogP contribution >= 0.6 is 24.0 Å². The Balaban J connectivity index is 1.73. The molecule has 2 unspecified atom stereocenters. The number of thioether (sulfide) groups is 1. The number of anilines is 1. The summed E-state index contributed by atoms with van der Waals surface area (Å²) in [5.41, 5.74) is 0.921. The molecule has 0 radical (unpaired) electrons. The number of unbranched alkanes of at least 4 members (excludes halogenated alkanes) is 3. The Bertz CT molecular complexity index is 1130. The fraction of sp³-hybridized carbons (Fsp3) is 0.520. The summed E-state index contributed by atoms with van der Waals surface area (Å²) in [5, 5.41) is 0. The van der Waals surface area contributed by atoms with E-state index in [0.717, 1.165) is 45.2 Å². The summed E-state index contributed by atoms with van der Waals surface area (Å²) in [6, 6.07) is 5.55. The van der Waals surface area contributed by atoms with Gasteiger partial charge in [-0.3, -0.25) is 18.9 Å². The van der Waals surface area contributed by atoms with Crippen LogP contribution in [0.3, 0.4) is 0 Å². The van der Waals surface area contributed by atoms with Gasteiger partial charge in [-0.2, -0.15) is 0 Å². The summed E-state index contributed by atoms with van der Waals surface area (Å²) in [6.07, 6.45) is 8.93. The lowest BCUT2D eigenvalue weighted by atomic mass is 9.91. The second-order valence-corrected chi connectivity index (χ2v) is 11.0. The highest BCUT2D eigenvalue weighted by molar-refractivity contribution is 8.26. The van der Waals surface area contributed by atoms with E-state index in [1.807, 2.05) is 18.2 Å². The lowest BCUT2D eigenvalue weighted by molar-refractivity contribution is -0.122. The minimum Gasteiger partial charge on any atom is -0.355 e. The highest BCUT2D eigenvalue weighted by atomic mass is 32.2. The molecule has 2 aromatic heterocycles. The third-order valence-electron chi connectivity index (χ3n) is 6.30. The molecule has 0 saturated carbocycles. The van der Waals surface area contributed by atoms with E-state index >= 15 is 0 Å². The van der Waals surface area contributed by atoms with Crippen LogP contribution in [0.5, 0.6) is 0 Å². The topological polar surface area (TPSA) is 57.9 Å². The van der Waals surface area contributed by atoms with Crippen LogP contribution in [0, 0.1) is 11.8 Å². The summed E-state index contributed by atoms with van der Waals surface area (Å²) in [4.78, 5) is 36.0. The number of rotatable bonds is 7. The van der Waals surface area contributed by atoms with Crippen molar-refractivity contribution in [3.63, 3.8) is 0 Å². The third kappa shape index (κ3) is 5.17. The number of nitrogens with zero attached hydrogens (tertiary/aromatic N) is 4. The van der Waals surface area contributed by atoms with Gasteiger partial charge in [-0.1, -0.05) is 70.1 Å². The largest absolute Gasteiger partial charge is 0.355 e. The Morgan fingerprint density at radius 3 is 2.64 bits per heavy atom. The van der Waals surface area contributed by atoms with Crippen molar-refractivity contribution in [1.29, 1.82) is 0 Å². The molecular weight excluding hydrogens is 452 g/mol. The van der Waals surface area contributed by atoms with E-state index in [9.17, 15) is 9.59 Å². The molecule has 33 heavy (non-hydrogen) atoms. The number of amides is 1. The minimum absolute atomic E-state index is 0.106. The van der Waals surface area contributed by atoms with Crippen LogP contribution in [0.15, 0.2) is 34.1 Å². The Kier molecular flexibility index (Phi) is 7.54. The van der Waals surface area contributed by atoms with E-state index in [1.165, 1.54) is 11.8 Å². The van der Waals surface area contributed by atoms with E-state index in [1.54, 1.807) is 21.6 Å². The van der Waals surface area contributed by atoms with Crippen molar-refractivity contribution in [2.24, 2.45) is 11.8 Å². The lowest BCUT2D eigenvalue weighted by Gasteiger charge is -2.36. The first-order valence-electron chi connectivity index (χ1n) is 11.9. The number of thiocarbonyl (C=S) groups is 1. The Hall–Kier alpha value is -2.19. The lowest BCUT2D eigenvalue weighted by Crippen LogP contribution is -2.40. The van der Waals surface area contributed by atoms with Crippen molar-refractivity contribution in [2.75, 3.05) is 24.5 Å². The van der Waals surface area contributed by atoms with E-state index in [0.29, 0.717) is 44.6 Å². The molecule has 4 rings (SSSR count). The van der Waals surface area contributed by atoms with E-state index < -0.39 is 0 Å². The Labute approximate surface area is 205 Å². The first kappa shape index (κ1) is 24.0. The van der Waals surface area contributed by atoms with Gasteiger partial charge in [-0.25, -0.2) is 4.98 Å². The predicted octanol–water partition coefficient (Wildman–Crippen LogP) is 4.96.